The van der Waals surface area contributed by atoms with Gasteiger partial charge in [0.25, 0.3) is 0 Å². The molecule has 1 unspecified atom stereocenters. The predicted molar refractivity (Wildman–Crippen MR) is 62.5 cm³/mol. The minimum atomic E-state index is -1.10. The van der Waals surface area contributed by atoms with Crippen LogP contribution in [0.5, 0.6) is 0 Å². The molecule has 1 aromatic carbocycles. The van der Waals surface area contributed by atoms with Gasteiger partial charge in [0.1, 0.15) is 3.26 Å². The van der Waals surface area contributed by atoms with E-state index < -0.39 is 10.8 Å². The summed E-state index contributed by atoms with van der Waals surface area (Å²) in [6.07, 6.45) is 0. The van der Waals surface area contributed by atoms with Crippen LogP contribution in [-0.4, -0.2) is 19.2 Å². The molecular formula is C9H11IO2S. The molecule has 0 spiro atoms. The Kier molecular flexibility index (Phi) is 4.34. The average Bonchev–Trinajstić information content (AvgIpc) is 2.17. The number of hydrogen-bond donors (Lipinski definition) is 1. The second kappa shape index (κ2) is 5.07. The van der Waals surface area contributed by atoms with Crippen LogP contribution in [0.25, 0.3) is 0 Å². The monoisotopic (exact) mass is 310 g/mol. The predicted octanol–water partition coefficient (Wildman–Crippen LogP) is 1.86. The molecule has 0 heterocycles. The van der Waals surface area contributed by atoms with E-state index in [0.29, 0.717) is 0 Å². The van der Waals surface area contributed by atoms with E-state index in [1.54, 1.807) is 0 Å². The van der Waals surface area contributed by atoms with Crippen molar-refractivity contribution in [2.24, 2.45) is 0 Å². The molecule has 1 aromatic rings. The number of rotatable bonds is 3. The van der Waals surface area contributed by atoms with Gasteiger partial charge in [0.05, 0.1) is 17.4 Å². The van der Waals surface area contributed by atoms with Crippen molar-refractivity contribution in [2.45, 2.75) is 15.1 Å². The number of aryl methyl sites for hydroxylation is 1. The van der Waals surface area contributed by atoms with Gasteiger partial charge in [0.2, 0.25) is 0 Å². The van der Waals surface area contributed by atoms with Gasteiger partial charge in [-0.2, -0.15) is 0 Å². The van der Waals surface area contributed by atoms with Crippen LogP contribution in [0.1, 0.15) is 5.56 Å². The molecule has 0 saturated carbocycles. The summed E-state index contributed by atoms with van der Waals surface area (Å²) in [4.78, 5) is 0.777. The first-order valence-electron chi connectivity index (χ1n) is 3.87. The van der Waals surface area contributed by atoms with Crippen LogP contribution in [0.15, 0.2) is 29.2 Å². The van der Waals surface area contributed by atoms with Crippen LogP contribution in [-0.2, 0) is 10.8 Å². The summed E-state index contributed by atoms with van der Waals surface area (Å²) < 4.78 is 11.4. The maximum absolute atomic E-state index is 11.6. The topological polar surface area (TPSA) is 37.3 Å². The highest BCUT2D eigenvalue weighted by atomic mass is 127. The number of benzene rings is 1. The molecular weight excluding hydrogens is 299 g/mol. The van der Waals surface area contributed by atoms with Crippen molar-refractivity contribution >= 4 is 33.4 Å². The molecule has 4 heteroatoms. The molecule has 0 amide bonds. The molecule has 0 bridgehead atoms. The quantitative estimate of drug-likeness (QED) is 0.683. The molecule has 1 rings (SSSR count). The Morgan fingerprint density at radius 2 is 2.00 bits per heavy atom. The SMILES string of the molecule is Cc1ccc([S@](=O)C(I)CO)cc1. The van der Waals surface area contributed by atoms with Crippen LogP contribution in [0.4, 0.5) is 0 Å². The molecule has 0 aliphatic carbocycles. The lowest BCUT2D eigenvalue weighted by Crippen LogP contribution is -2.11. The highest BCUT2D eigenvalue weighted by Gasteiger charge is 2.12. The zero-order valence-corrected chi connectivity index (χ0v) is 10.2. The molecule has 2 nitrogen and oxygen atoms in total. The van der Waals surface area contributed by atoms with Gasteiger partial charge in [-0.15, -0.1) is 0 Å². The number of alkyl halides is 1. The van der Waals surface area contributed by atoms with Crippen LogP contribution in [0.3, 0.4) is 0 Å². The molecule has 72 valence electrons. The molecule has 1 N–H and O–H groups in total. The van der Waals surface area contributed by atoms with Crippen molar-refractivity contribution in [3.05, 3.63) is 29.8 Å². The van der Waals surface area contributed by atoms with Crippen molar-refractivity contribution < 1.29 is 9.32 Å². The van der Waals surface area contributed by atoms with E-state index in [-0.39, 0.29) is 9.86 Å². The fraction of sp³-hybridized carbons (Fsp3) is 0.333. The van der Waals surface area contributed by atoms with E-state index in [0.717, 1.165) is 10.5 Å². The van der Waals surface area contributed by atoms with Gasteiger partial charge < -0.3 is 5.11 Å². The second-order valence-corrected chi connectivity index (χ2v) is 6.69. The zero-order chi connectivity index (χ0) is 9.84. The van der Waals surface area contributed by atoms with Crippen molar-refractivity contribution in [3.8, 4) is 0 Å². The maximum Gasteiger partial charge on any atom is 0.114 e. The highest BCUT2D eigenvalue weighted by Crippen LogP contribution is 2.16. The normalized spacial score (nSPS) is 15.3. The maximum atomic E-state index is 11.6. The number of halogens is 1. The van der Waals surface area contributed by atoms with Crippen molar-refractivity contribution in [3.63, 3.8) is 0 Å². The van der Waals surface area contributed by atoms with E-state index >= 15 is 0 Å². The van der Waals surface area contributed by atoms with Gasteiger partial charge in [-0.1, -0.05) is 40.3 Å². The van der Waals surface area contributed by atoms with Gasteiger partial charge in [-0.05, 0) is 19.1 Å². The van der Waals surface area contributed by atoms with Crippen LogP contribution in [0.2, 0.25) is 0 Å². The van der Waals surface area contributed by atoms with Gasteiger partial charge in [-0.3, -0.25) is 4.21 Å². The summed E-state index contributed by atoms with van der Waals surface area (Å²) in [5.74, 6) is 0. The minimum Gasteiger partial charge on any atom is -0.394 e. The van der Waals surface area contributed by atoms with E-state index in [2.05, 4.69) is 0 Å². The zero-order valence-electron chi connectivity index (χ0n) is 7.24. The Morgan fingerprint density at radius 3 is 2.46 bits per heavy atom. The third kappa shape index (κ3) is 3.03. The lowest BCUT2D eigenvalue weighted by Gasteiger charge is -2.06. The Morgan fingerprint density at radius 1 is 1.46 bits per heavy atom. The molecule has 0 aliphatic heterocycles. The van der Waals surface area contributed by atoms with Gasteiger partial charge in [-0.25, -0.2) is 0 Å². The van der Waals surface area contributed by atoms with E-state index in [4.69, 9.17) is 5.11 Å². The first-order chi connectivity index (χ1) is 6.15. The third-order valence-electron chi connectivity index (χ3n) is 1.63. The number of hydrogen-bond acceptors (Lipinski definition) is 2. The van der Waals surface area contributed by atoms with E-state index in [1.807, 2.05) is 53.8 Å². The standard InChI is InChI=1S/C9H11IO2S/c1-7-2-4-8(5-3-7)13(12)9(10)6-11/h2-5,9,11H,6H2,1H3/t9?,13-/m0/s1. The van der Waals surface area contributed by atoms with E-state index in [9.17, 15) is 4.21 Å². The number of aliphatic hydroxyl groups excluding tert-OH is 1. The summed E-state index contributed by atoms with van der Waals surface area (Å²) in [5, 5.41) is 8.82. The first-order valence-corrected chi connectivity index (χ1v) is 6.33. The van der Waals surface area contributed by atoms with Crippen LogP contribution >= 0.6 is 22.6 Å². The molecule has 0 aromatic heterocycles. The fourth-order valence-electron chi connectivity index (χ4n) is 0.888. The van der Waals surface area contributed by atoms with Gasteiger partial charge in [0.15, 0.2) is 0 Å². The smallest absolute Gasteiger partial charge is 0.114 e. The Bertz CT molecular complexity index is 297. The minimum absolute atomic E-state index is 0.0545. The summed E-state index contributed by atoms with van der Waals surface area (Å²) in [7, 11) is -1.10. The van der Waals surface area contributed by atoms with Crippen molar-refractivity contribution in [1.82, 2.24) is 0 Å². The molecule has 0 fully saturated rings. The first kappa shape index (κ1) is 11.1. The summed E-state index contributed by atoms with van der Waals surface area (Å²) >= 11 is 1.99. The summed E-state index contributed by atoms with van der Waals surface area (Å²) in [6.45, 7) is 1.93. The molecule has 13 heavy (non-hydrogen) atoms. The Balaban J connectivity index is 2.83. The third-order valence-corrected chi connectivity index (χ3v) is 4.76. The molecule has 0 radical (unpaired) electrons. The summed E-state index contributed by atoms with van der Waals surface area (Å²) in [6, 6.07) is 7.53. The van der Waals surface area contributed by atoms with Crippen molar-refractivity contribution in [2.75, 3.05) is 6.61 Å². The van der Waals surface area contributed by atoms with Gasteiger partial charge >= 0.3 is 0 Å². The van der Waals surface area contributed by atoms with Crippen LogP contribution in [0, 0.1) is 6.92 Å². The average molecular weight is 310 g/mol. The van der Waals surface area contributed by atoms with Crippen molar-refractivity contribution in [1.29, 1.82) is 0 Å². The van der Waals surface area contributed by atoms with Gasteiger partial charge in [0, 0.05) is 4.90 Å². The second-order valence-electron chi connectivity index (χ2n) is 2.70. The lowest BCUT2D eigenvalue weighted by atomic mass is 10.2. The molecule has 2 atom stereocenters. The number of aliphatic hydroxyl groups is 1. The largest absolute Gasteiger partial charge is 0.394 e. The lowest BCUT2D eigenvalue weighted by molar-refractivity contribution is 0.317. The summed E-state index contributed by atoms with van der Waals surface area (Å²) in [5.41, 5.74) is 1.15. The Hall–Kier alpha value is 0.0600. The fourth-order valence-corrected chi connectivity index (χ4v) is 2.60. The Labute approximate surface area is 94.0 Å². The molecule has 0 saturated heterocycles. The highest BCUT2D eigenvalue weighted by molar-refractivity contribution is 14.1. The molecule has 0 aliphatic rings. The van der Waals surface area contributed by atoms with E-state index in [1.165, 1.54) is 0 Å². The van der Waals surface area contributed by atoms with Crippen LogP contribution < -0.4 is 0 Å².